The number of phenolic OH excluding ortho intramolecular Hbond substituents is 1. The maximum Gasteiger partial charge on any atom is 0.241 e. The van der Waals surface area contributed by atoms with Crippen molar-refractivity contribution in [2.45, 2.75) is 39.2 Å². The number of benzene rings is 1. The first kappa shape index (κ1) is 13.9. The Balaban J connectivity index is 2.14. The molecule has 1 aliphatic rings. The number of phenols is 1. The summed E-state index contributed by atoms with van der Waals surface area (Å²) < 4.78 is 0. The number of likely N-dealkylation sites (N-methyl/N-ethyl adjacent to an activating group) is 1. The lowest BCUT2D eigenvalue weighted by atomic mass is 10.0. The predicted molar refractivity (Wildman–Crippen MR) is 76.5 cm³/mol. The zero-order valence-electron chi connectivity index (χ0n) is 11.9. The number of nitrogens with zero attached hydrogens (tertiary/aromatic N) is 1. The van der Waals surface area contributed by atoms with E-state index in [0.717, 1.165) is 42.6 Å². The lowest BCUT2D eigenvalue weighted by molar-refractivity contribution is -0.121. The minimum Gasteiger partial charge on any atom is -0.508 e. The summed E-state index contributed by atoms with van der Waals surface area (Å²) in [6.45, 7) is 4.77. The van der Waals surface area contributed by atoms with Gasteiger partial charge in [-0.1, -0.05) is 6.42 Å². The van der Waals surface area contributed by atoms with Crippen molar-refractivity contribution < 1.29 is 9.90 Å². The molecule has 0 aliphatic carbocycles. The molecule has 1 saturated heterocycles. The predicted octanol–water partition coefficient (Wildman–Crippen LogP) is 2.43. The van der Waals surface area contributed by atoms with Crippen LogP contribution in [0.3, 0.4) is 0 Å². The van der Waals surface area contributed by atoms with Gasteiger partial charge in [-0.25, -0.2) is 0 Å². The summed E-state index contributed by atoms with van der Waals surface area (Å²) in [6, 6.07) is 3.31. The fraction of sp³-hybridized carbons (Fsp3) is 0.533. The summed E-state index contributed by atoms with van der Waals surface area (Å²) in [5, 5.41) is 12.5. The van der Waals surface area contributed by atoms with E-state index in [0.29, 0.717) is 0 Å². The van der Waals surface area contributed by atoms with Gasteiger partial charge in [0, 0.05) is 5.69 Å². The summed E-state index contributed by atoms with van der Waals surface area (Å²) in [4.78, 5) is 14.5. The number of aryl methyl sites for hydroxylation is 2. The summed E-state index contributed by atoms with van der Waals surface area (Å²) in [6.07, 6.45) is 3.19. The van der Waals surface area contributed by atoms with Gasteiger partial charge in [-0.15, -0.1) is 0 Å². The molecule has 1 aromatic carbocycles. The highest BCUT2D eigenvalue weighted by Crippen LogP contribution is 2.26. The quantitative estimate of drug-likeness (QED) is 0.805. The van der Waals surface area contributed by atoms with Gasteiger partial charge in [0.25, 0.3) is 0 Å². The second-order valence-corrected chi connectivity index (χ2v) is 5.44. The third-order valence-electron chi connectivity index (χ3n) is 3.84. The molecule has 1 aromatic rings. The molecule has 1 fully saturated rings. The molecule has 2 rings (SSSR count). The van der Waals surface area contributed by atoms with Crippen LogP contribution in [0.4, 0.5) is 5.69 Å². The number of amides is 1. The van der Waals surface area contributed by atoms with Gasteiger partial charge in [0.15, 0.2) is 0 Å². The van der Waals surface area contributed by atoms with E-state index in [9.17, 15) is 9.90 Å². The summed E-state index contributed by atoms with van der Waals surface area (Å²) in [5.74, 6) is 0.293. The minimum absolute atomic E-state index is 0.0404. The van der Waals surface area contributed by atoms with Gasteiger partial charge in [0.2, 0.25) is 5.91 Å². The topological polar surface area (TPSA) is 52.6 Å². The number of piperidine rings is 1. The van der Waals surface area contributed by atoms with E-state index in [1.807, 2.05) is 20.9 Å². The molecule has 0 radical (unpaired) electrons. The molecule has 1 heterocycles. The van der Waals surface area contributed by atoms with Crippen LogP contribution in [0, 0.1) is 13.8 Å². The Morgan fingerprint density at radius 3 is 2.53 bits per heavy atom. The highest BCUT2D eigenvalue weighted by Gasteiger charge is 2.26. The second kappa shape index (κ2) is 5.61. The van der Waals surface area contributed by atoms with Gasteiger partial charge in [-0.05, 0) is 63.5 Å². The summed E-state index contributed by atoms with van der Waals surface area (Å²) in [5.41, 5.74) is 2.61. The van der Waals surface area contributed by atoms with E-state index in [1.54, 1.807) is 12.1 Å². The zero-order valence-corrected chi connectivity index (χ0v) is 11.9. The Hall–Kier alpha value is -1.55. The number of hydrogen-bond donors (Lipinski definition) is 2. The van der Waals surface area contributed by atoms with Crippen molar-refractivity contribution in [2.75, 3.05) is 18.9 Å². The average Bonchev–Trinajstić information content (AvgIpc) is 2.34. The molecular formula is C15H22N2O2. The standard InChI is InChI=1S/C15H22N2O2/c1-10-8-12(18)9-11(2)14(10)16-15(19)13-6-4-5-7-17(13)3/h8-9,13,18H,4-7H2,1-3H3,(H,16,19). The van der Waals surface area contributed by atoms with Crippen molar-refractivity contribution in [3.63, 3.8) is 0 Å². The molecule has 0 spiro atoms. The molecule has 1 unspecified atom stereocenters. The van der Waals surface area contributed by atoms with Crippen LogP contribution in [0.1, 0.15) is 30.4 Å². The highest BCUT2D eigenvalue weighted by molar-refractivity contribution is 5.96. The third kappa shape index (κ3) is 3.07. The number of rotatable bonds is 2. The van der Waals surface area contributed by atoms with Crippen LogP contribution in [0.2, 0.25) is 0 Å². The van der Waals surface area contributed by atoms with Crippen molar-refractivity contribution in [3.8, 4) is 5.75 Å². The molecule has 1 amide bonds. The smallest absolute Gasteiger partial charge is 0.241 e. The maximum absolute atomic E-state index is 12.4. The fourth-order valence-electron chi connectivity index (χ4n) is 2.75. The fourth-order valence-corrected chi connectivity index (χ4v) is 2.75. The molecule has 19 heavy (non-hydrogen) atoms. The van der Waals surface area contributed by atoms with Crippen molar-refractivity contribution in [1.29, 1.82) is 0 Å². The van der Waals surface area contributed by atoms with E-state index in [4.69, 9.17) is 0 Å². The van der Waals surface area contributed by atoms with Crippen LogP contribution in [-0.2, 0) is 4.79 Å². The van der Waals surface area contributed by atoms with E-state index < -0.39 is 0 Å². The van der Waals surface area contributed by atoms with Crippen LogP contribution >= 0.6 is 0 Å². The maximum atomic E-state index is 12.4. The molecule has 4 nitrogen and oxygen atoms in total. The molecule has 1 atom stereocenters. The van der Waals surface area contributed by atoms with Gasteiger partial charge >= 0.3 is 0 Å². The van der Waals surface area contributed by atoms with Crippen LogP contribution in [0.15, 0.2) is 12.1 Å². The number of nitrogens with one attached hydrogen (secondary N) is 1. The Bertz CT molecular complexity index is 462. The van der Waals surface area contributed by atoms with Crippen LogP contribution in [0.5, 0.6) is 5.75 Å². The molecule has 104 valence electrons. The molecule has 2 N–H and O–H groups in total. The number of anilines is 1. The SMILES string of the molecule is Cc1cc(O)cc(C)c1NC(=O)C1CCCCN1C. The minimum atomic E-state index is -0.0404. The first-order chi connectivity index (χ1) is 8.99. The third-order valence-corrected chi connectivity index (χ3v) is 3.84. The van der Waals surface area contributed by atoms with Crippen molar-refractivity contribution in [2.24, 2.45) is 0 Å². The van der Waals surface area contributed by atoms with Gasteiger partial charge in [-0.2, -0.15) is 0 Å². The number of likely N-dealkylation sites (tertiary alicyclic amines) is 1. The zero-order chi connectivity index (χ0) is 14.0. The van der Waals surface area contributed by atoms with Crippen molar-refractivity contribution >= 4 is 11.6 Å². The Labute approximate surface area is 114 Å². The monoisotopic (exact) mass is 262 g/mol. The molecule has 4 heteroatoms. The van der Waals surface area contributed by atoms with Crippen molar-refractivity contribution in [1.82, 2.24) is 4.90 Å². The average molecular weight is 262 g/mol. The molecule has 0 aromatic heterocycles. The number of aromatic hydroxyl groups is 1. The van der Waals surface area contributed by atoms with E-state index in [-0.39, 0.29) is 17.7 Å². The molecular weight excluding hydrogens is 240 g/mol. The van der Waals surface area contributed by atoms with E-state index in [1.165, 1.54) is 0 Å². The Morgan fingerprint density at radius 1 is 1.32 bits per heavy atom. The lowest BCUT2D eigenvalue weighted by Crippen LogP contribution is -2.44. The first-order valence-corrected chi connectivity index (χ1v) is 6.80. The van der Waals surface area contributed by atoms with Crippen molar-refractivity contribution in [3.05, 3.63) is 23.3 Å². The Kier molecular flexibility index (Phi) is 4.10. The number of carbonyl (C=O) groups is 1. The van der Waals surface area contributed by atoms with E-state index >= 15 is 0 Å². The van der Waals surface area contributed by atoms with Crippen LogP contribution < -0.4 is 5.32 Å². The van der Waals surface area contributed by atoms with Gasteiger partial charge in [-0.3, -0.25) is 9.69 Å². The normalized spacial score (nSPS) is 20.3. The van der Waals surface area contributed by atoms with Gasteiger partial charge in [0.1, 0.15) is 5.75 Å². The first-order valence-electron chi connectivity index (χ1n) is 6.80. The van der Waals surface area contributed by atoms with Gasteiger partial charge < -0.3 is 10.4 Å². The largest absolute Gasteiger partial charge is 0.508 e. The number of carbonyl (C=O) groups excluding carboxylic acids is 1. The van der Waals surface area contributed by atoms with Crippen LogP contribution in [-0.4, -0.2) is 35.5 Å². The summed E-state index contributed by atoms with van der Waals surface area (Å²) in [7, 11) is 2.00. The summed E-state index contributed by atoms with van der Waals surface area (Å²) >= 11 is 0. The Morgan fingerprint density at radius 2 is 1.95 bits per heavy atom. The second-order valence-electron chi connectivity index (χ2n) is 5.44. The molecule has 0 bridgehead atoms. The number of hydrogen-bond acceptors (Lipinski definition) is 3. The molecule has 0 saturated carbocycles. The van der Waals surface area contributed by atoms with Gasteiger partial charge in [0.05, 0.1) is 6.04 Å². The van der Waals surface area contributed by atoms with Crippen LogP contribution in [0.25, 0.3) is 0 Å². The van der Waals surface area contributed by atoms with E-state index in [2.05, 4.69) is 10.2 Å². The molecule has 1 aliphatic heterocycles. The lowest BCUT2D eigenvalue weighted by Gasteiger charge is -2.31. The highest BCUT2D eigenvalue weighted by atomic mass is 16.3.